The third kappa shape index (κ3) is 18.6. The zero-order valence-electron chi connectivity index (χ0n) is 58.9. The van der Waals surface area contributed by atoms with E-state index in [0.717, 1.165) is 35.9 Å². The van der Waals surface area contributed by atoms with Crippen molar-refractivity contribution in [3.05, 3.63) is 89.9 Å². The Hall–Kier alpha value is -7.23. The molecule has 7 heterocycles. The number of fused-ring (bicyclic) bond motifs is 5. The second-order valence-electron chi connectivity index (χ2n) is 27.6. The number of anilines is 1. The van der Waals surface area contributed by atoms with Crippen LogP contribution in [0.5, 0.6) is 0 Å². The van der Waals surface area contributed by atoms with Gasteiger partial charge in [0.1, 0.15) is 59.2 Å². The number of Topliss-reactive ketones (excluding diaryl/α,β-unsaturated/α-hetero) is 3. The monoisotopic (exact) mass is 1360 g/mol. The number of piperidine rings is 1. The van der Waals surface area contributed by atoms with Crippen LogP contribution in [0.2, 0.25) is 0 Å². The van der Waals surface area contributed by atoms with Gasteiger partial charge in [-0.1, -0.05) is 76.3 Å². The van der Waals surface area contributed by atoms with E-state index in [0.29, 0.717) is 129 Å². The van der Waals surface area contributed by atoms with Crippen LogP contribution >= 0.6 is 0 Å². The lowest BCUT2D eigenvalue weighted by Gasteiger charge is -2.42. The molecule has 534 valence electrons. The van der Waals surface area contributed by atoms with E-state index in [1.807, 2.05) is 94.1 Å². The second-order valence-corrected chi connectivity index (χ2v) is 27.6. The first-order chi connectivity index (χ1) is 47.0. The number of aliphatic hydroxyl groups excluding tert-OH is 1. The van der Waals surface area contributed by atoms with Gasteiger partial charge in [-0.2, -0.15) is 5.10 Å². The molecular weight excluding hydrogens is 1260 g/mol. The van der Waals surface area contributed by atoms with Crippen molar-refractivity contribution in [3.63, 3.8) is 0 Å². The first-order valence-corrected chi connectivity index (χ1v) is 34.9. The SMILES string of the molecule is CO[C@H]1C[C@@H]2CC[C@@H](C)[C@@](O)(O2)C(=O)C(=O)N2CCCC[C@H]2C(=O)O[C@H]([C@H](C)C[C@@H]2CC[C@@H](OCCOCc3cn(CCCCn4nc(-c5ccc6oc(C)nc6c5)c5c(N)ncnc54)nn3)[C@H](OC)C2)CC(=O)[C@H](C)/C=C(\C)[C@@H](O)[C@@H](OC)C(=O)[C@H](C)C[C@H](C)/C=C/C=CC=C1C. The van der Waals surface area contributed by atoms with Crippen LogP contribution in [0, 0.1) is 42.4 Å². The Labute approximate surface area is 574 Å². The van der Waals surface area contributed by atoms with Crippen molar-refractivity contribution in [2.75, 3.05) is 46.8 Å². The minimum absolute atomic E-state index is 0.00291. The number of hydrogen-bond acceptors (Lipinski definition) is 22. The summed E-state index contributed by atoms with van der Waals surface area (Å²) < 4.78 is 52.0. The Morgan fingerprint density at radius 3 is 2.43 bits per heavy atom. The van der Waals surface area contributed by atoms with Crippen molar-refractivity contribution >= 4 is 57.2 Å². The van der Waals surface area contributed by atoms with Crippen LogP contribution in [0.4, 0.5) is 5.82 Å². The average Bonchev–Trinajstić information content (AvgIpc) is 1.38. The lowest BCUT2D eigenvalue weighted by atomic mass is 9.78. The molecule has 0 radical (unpaired) electrons. The number of unbranched alkanes of at least 4 members (excludes halogenated alkanes) is 1. The van der Waals surface area contributed by atoms with Crippen molar-refractivity contribution in [1.29, 1.82) is 0 Å². The number of amides is 1. The summed E-state index contributed by atoms with van der Waals surface area (Å²) >= 11 is 0. The molecule has 1 amide bonds. The Balaban J connectivity index is 0.811. The average molecular weight is 1360 g/mol. The number of allylic oxidation sites excluding steroid dienone is 6. The third-order valence-corrected chi connectivity index (χ3v) is 20.2. The van der Waals surface area contributed by atoms with Crippen LogP contribution in [0.1, 0.15) is 150 Å². The Kier molecular flexibility index (Phi) is 26.6. The maximum Gasteiger partial charge on any atom is 0.329 e. The zero-order valence-corrected chi connectivity index (χ0v) is 58.9. The summed E-state index contributed by atoms with van der Waals surface area (Å²) in [5.41, 5.74) is 11.9. The number of hydrogen-bond donors (Lipinski definition) is 3. The van der Waals surface area contributed by atoms with Crippen molar-refractivity contribution in [2.45, 2.75) is 220 Å². The molecule has 25 nitrogen and oxygen atoms in total. The molecule has 0 spiro atoms. The highest BCUT2D eigenvalue weighted by Crippen LogP contribution is 2.39. The fraction of sp³-hybridized carbons (Fsp3) is 0.630. The summed E-state index contributed by atoms with van der Waals surface area (Å²) in [6.07, 6.45) is 16.4. The quantitative estimate of drug-likeness (QED) is 0.0318. The topological polar surface area (TPSA) is 320 Å². The molecule has 3 fully saturated rings. The second kappa shape index (κ2) is 34.7. The lowest BCUT2D eigenvalue weighted by Crippen LogP contribution is -2.61. The predicted octanol–water partition coefficient (Wildman–Crippen LogP) is 9.33. The van der Waals surface area contributed by atoms with Crippen molar-refractivity contribution in [3.8, 4) is 11.3 Å². The minimum atomic E-state index is -2.46. The molecule has 3 aliphatic heterocycles. The number of benzene rings is 1. The number of nitrogens with two attached hydrogens (primary N) is 1. The smallest absolute Gasteiger partial charge is 0.329 e. The van der Waals surface area contributed by atoms with Crippen LogP contribution in [-0.4, -0.2) is 180 Å². The standard InChI is InChI=1S/C73H102N10O15/c1-43-19-13-12-14-20-44(2)60(91-9)38-54-25-22-49(7)73(90,98-54)68(87)71(88)82-29-16-15-21-56(82)72(89)97-61(39-57(84)45(3)34-48(6)66(86)67(93-11)65(85)47(5)33-43)46(4)35-51-23-26-59(62(36-51)92-10)95-32-31-94-41-53-40-81(80-78-53)28-17-18-30-83-70-63(69(74)75-42-76-70)64(79-83)52-24-27-58-55(37-52)77-50(8)96-58/h12-14,19-20,24,27,34,37,40,42-43,45-47,49,51,54,56,59-62,66-67,86,90H,15-18,21-23,25-26,28-33,35-36,38-39,41H2,1-11H3,(H2,74,75,76)/b14-12?,19-13+,44-20?,48-34+/t43-,45-,46-,47-,49-,51+,54+,56+,59-,60+,61+,62-,66-,67+,73-/m1/s1. The van der Waals surface area contributed by atoms with E-state index < -0.39 is 77.8 Å². The van der Waals surface area contributed by atoms with E-state index >= 15 is 0 Å². The van der Waals surface area contributed by atoms with Crippen LogP contribution < -0.4 is 5.73 Å². The highest BCUT2D eigenvalue weighted by Gasteiger charge is 2.53. The number of ether oxygens (including phenoxy) is 7. The maximum absolute atomic E-state index is 14.8. The first-order valence-electron chi connectivity index (χ1n) is 34.9. The molecule has 98 heavy (non-hydrogen) atoms. The van der Waals surface area contributed by atoms with Gasteiger partial charge in [-0.05, 0) is 138 Å². The molecule has 9 rings (SSSR count). The molecule has 4 aromatic heterocycles. The normalized spacial score (nSPS) is 30.1. The zero-order chi connectivity index (χ0) is 70.4. The number of aromatic nitrogens is 8. The number of aryl methyl sites for hydroxylation is 3. The fourth-order valence-corrected chi connectivity index (χ4v) is 14.4. The number of nitrogen functional groups attached to an aromatic ring is 1. The summed E-state index contributed by atoms with van der Waals surface area (Å²) in [6, 6.07) is 4.56. The molecule has 1 saturated carbocycles. The number of ketones is 3. The van der Waals surface area contributed by atoms with Gasteiger partial charge < -0.3 is 58.4 Å². The van der Waals surface area contributed by atoms with Crippen LogP contribution in [0.3, 0.4) is 0 Å². The summed E-state index contributed by atoms with van der Waals surface area (Å²) in [4.78, 5) is 86.6. The maximum atomic E-state index is 14.8. The van der Waals surface area contributed by atoms with Crippen molar-refractivity contribution < 1.29 is 71.8 Å². The number of rotatable bonds is 18. The third-order valence-electron chi connectivity index (χ3n) is 20.2. The van der Waals surface area contributed by atoms with Crippen LogP contribution in [0.25, 0.3) is 33.4 Å². The van der Waals surface area contributed by atoms with Gasteiger partial charge in [0.05, 0.1) is 55.8 Å². The van der Waals surface area contributed by atoms with E-state index in [1.54, 1.807) is 45.7 Å². The van der Waals surface area contributed by atoms with Gasteiger partial charge in [-0.3, -0.25) is 23.9 Å². The van der Waals surface area contributed by atoms with Crippen molar-refractivity contribution in [2.24, 2.45) is 35.5 Å². The van der Waals surface area contributed by atoms with Crippen LogP contribution in [-0.2, 0) is 76.8 Å². The molecule has 25 heteroatoms. The largest absolute Gasteiger partial charge is 0.460 e. The first kappa shape index (κ1) is 75.0. The molecule has 2 bridgehead atoms. The lowest BCUT2D eigenvalue weighted by molar-refractivity contribution is -0.265. The molecule has 1 aliphatic carbocycles. The van der Waals surface area contributed by atoms with Gasteiger partial charge >= 0.3 is 5.97 Å². The number of esters is 1. The molecule has 2 saturated heterocycles. The number of carbonyl (C=O) groups is 5. The molecule has 1 aromatic carbocycles. The Morgan fingerprint density at radius 1 is 0.857 bits per heavy atom. The van der Waals surface area contributed by atoms with E-state index in [2.05, 4.69) is 25.3 Å². The highest BCUT2D eigenvalue weighted by molar-refractivity contribution is 6.39. The van der Waals surface area contributed by atoms with Gasteiger partial charge in [-0.15, -0.1) is 5.10 Å². The highest BCUT2D eigenvalue weighted by atomic mass is 16.6. The molecular formula is C73H102N10O15. The number of methoxy groups -OCH3 is 3. The fourth-order valence-electron chi connectivity index (χ4n) is 14.4. The van der Waals surface area contributed by atoms with Gasteiger partial charge in [-0.25, -0.2) is 24.4 Å². The molecule has 4 N–H and O–H groups in total. The number of oxazole rings is 1. The predicted molar refractivity (Wildman–Crippen MR) is 365 cm³/mol. The van der Waals surface area contributed by atoms with E-state index in [9.17, 15) is 34.2 Å². The molecule has 0 unspecified atom stereocenters. The summed E-state index contributed by atoms with van der Waals surface area (Å²) in [6.45, 7) is 16.7. The van der Waals surface area contributed by atoms with Gasteiger partial charge in [0.25, 0.3) is 11.7 Å². The summed E-state index contributed by atoms with van der Waals surface area (Å²) in [7, 11) is 4.62. The van der Waals surface area contributed by atoms with Gasteiger partial charge in [0.2, 0.25) is 5.79 Å². The Bertz CT molecular complexity index is 3670. The van der Waals surface area contributed by atoms with Gasteiger partial charge in [0, 0.05) is 84.0 Å². The summed E-state index contributed by atoms with van der Waals surface area (Å²) in [5.74, 6) is -7.30. The molecule has 15 atom stereocenters. The number of carbonyl (C=O) groups excluding carboxylic acids is 5. The van der Waals surface area contributed by atoms with E-state index in [4.69, 9.17) is 48.4 Å². The number of nitrogens with zero attached hydrogens (tertiary/aromatic N) is 9. The molecule has 5 aromatic rings. The van der Waals surface area contributed by atoms with Crippen molar-refractivity contribution in [1.82, 2.24) is 44.6 Å². The number of aliphatic hydroxyl groups is 2. The van der Waals surface area contributed by atoms with E-state index in [1.165, 1.54) is 18.3 Å². The number of cyclic esters (lactones) is 1. The molecule has 4 aliphatic rings. The van der Waals surface area contributed by atoms with Gasteiger partial charge in [0.15, 0.2) is 22.9 Å². The minimum Gasteiger partial charge on any atom is -0.460 e. The Morgan fingerprint density at radius 2 is 1.65 bits per heavy atom. The van der Waals surface area contributed by atoms with Crippen LogP contribution in [0.15, 0.2) is 82.7 Å². The summed E-state index contributed by atoms with van der Waals surface area (Å²) in [5, 5.41) is 38.0. The van der Waals surface area contributed by atoms with E-state index in [-0.39, 0.29) is 67.5 Å².